The molecule has 1 atom stereocenters. The largest absolute Gasteiger partial charge is 0.411 e. The predicted octanol–water partition coefficient (Wildman–Crippen LogP) is 4.62. The van der Waals surface area contributed by atoms with E-state index in [2.05, 4.69) is 27.6 Å². The maximum absolute atomic E-state index is 12.1. The van der Waals surface area contributed by atoms with E-state index in [4.69, 9.17) is 16.0 Å². The molecule has 3 rings (SSSR count). The molecule has 140 valence electrons. The van der Waals surface area contributed by atoms with Crippen LogP contribution in [0.2, 0.25) is 5.02 Å². The fourth-order valence-electron chi connectivity index (χ4n) is 2.55. The van der Waals surface area contributed by atoms with Gasteiger partial charge in [0.2, 0.25) is 11.8 Å². The monoisotopic (exact) mass is 401 g/mol. The van der Waals surface area contributed by atoms with Crippen molar-refractivity contribution >= 4 is 29.3 Å². The zero-order chi connectivity index (χ0) is 19.1. The van der Waals surface area contributed by atoms with Crippen LogP contribution in [0.5, 0.6) is 0 Å². The first-order valence-electron chi connectivity index (χ1n) is 8.65. The first-order chi connectivity index (χ1) is 13.1. The number of benzene rings is 2. The van der Waals surface area contributed by atoms with Gasteiger partial charge in [0.15, 0.2) is 0 Å². The van der Waals surface area contributed by atoms with E-state index in [1.165, 1.54) is 17.3 Å². The molecule has 0 radical (unpaired) electrons. The Balaban J connectivity index is 1.44. The van der Waals surface area contributed by atoms with E-state index in [9.17, 15) is 4.79 Å². The number of hydrogen-bond acceptors (Lipinski definition) is 5. The molecule has 0 spiro atoms. The van der Waals surface area contributed by atoms with Gasteiger partial charge in [0.05, 0.1) is 5.75 Å². The Hall–Kier alpha value is -2.31. The highest BCUT2D eigenvalue weighted by Gasteiger charge is 2.13. The van der Waals surface area contributed by atoms with Gasteiger partial charge in [-0.2, -0.15) is 0 Å². The van der Waals surface area contributed by atoms with Gasteiger partial charge in [-0.05, 0) is 43.5 Å². The van der Waals surface area contributed by atoms with Gasteiger partial charge in [-0.15, -0.1) is 10.2 Å². The Morgan fingerprint density at radius 3 is 2.78 bits per heavy atom. The SMILES string of the molecule is C[C@@H](CCc1ccccc1)NC(=O)CSc1nnc(-c2cccc(Cl)c2)o1. The highest BCUT2D eigenvalue weighted by atomic mass is 35.5. The number of aromatic nitrogens is 2. The van der Waals surface area contributed by atoms with E-state index in [-0.39, 0.29) is 17.7 Å². The zero-order valence-corrected chi connectivity index (χ0v) is 16.5. The van der Waals surface area contributed by atoms with Crippen LogP contribution >= 0.6 is 23.4 Å². The molecule has 1 N–H and O–H groups in total. The lowest BCUT2D eigenvalue weighted by atomic mass is 10.1. The van der Waals surface area contributed by atoms with Crippen LogP contribution in [0.1, 0.15) is 18.9 Å². The van der Waals surface area contributed by atoms with Gasteiger partial charge < -0.3 is 9.73 Å². The van der Waals surface area contributed by atoms with E-state index in [1.807, 2.05) is 37.3 Å². The van der Waals surface area contributed by atoms with Crippen LogP contribution in [0.25, 0.3) is 11.5 Å². The van der Waals surface area contributed by atoms with E-state index in [1.54, 1.807) is 12.1 Å². The van der Waals surface area contributed by atoms with Gasteiger partial charge >= 0.3 is 0 Å². The summed E-state index contributed by atoms with van der Waals surface area (Å²) in [6, 6.07) is 17.5. The molecule has 7 heteroatoms. The van der Waals surface area contributed by atoms with Crippen LogP contribution in [0.4, 0.5) is 0 Å². The van der Waals surface area contributed by atoms with Crippen molar-refractivity contribution in [3.8, 4) is 11.5 Å². The number of halogens is 1. The van der Waals surface area contributed by atoms with Crippen molar-refractivity contribution in [2.45, 2.75) is 31.0 Å². The van der Waals surface area contributed by atoms with Crippen molar-refractivity contribution < 1.29 is 9.21 Å². The summed E-state index contributed by atoms with van der Waals surface area (Å²) in [5, 5.41) is 11.9. The standard InChI is InChI=1S/C20H20ClN3O2S/c1-14(10-11-15-6-3-2-4-7-15)22-18(25)13-27-20-24-23-19(26-20)16-8-5-9-17(21)12-16/h2-9,12,14H,10-11,13H2,1H3,(H,22,25)/t14-/m0/s1. The quantitative estimate of drug-likeness (QED) is 0.558. The fraction of sp³-hybridized carbons (Fsp3) is 0.250. The van der Waals surface area contributed by atoms with Gasteiger partial charge in [0.1, 0.15) is 0 Å². The Labute approximate surface area is 167 Å². The van der Waals surface area contributed by atoms with Crippen molar-refractivity contribution in [2.75, 3.05) is 5.75 Å². The highest BCUT2D eigenvalue weighted by Crippen LogP contribution is 2.25. The Morgan fingerprint density at radius 2 is 2.00 bits per heavy atom. The molecule has 27 heavy (non-hydrogen) atoms. The minimum absolute atomic E-state index is 0.0527. The summed E-state index contributed by atoms with van der Waals surface area (Å²) >= 11 is 7.19. The third kappa shape index (κ3) is 6.12. The topological polar surface area (TPSA) is 68.0 Å². The van der Waals surface area contributed by atoms with Gasteiger partial charge in [0.25, 0.3) is 5.22 Å². The minimum atomic E-state index is -0.0527. The number of nitrogens with zero attached hydrogens (tertiary/aromatic N) is 2. The first-order valence-corrected chi connectivity index (χ1v) is 10.0. The lowest BCUT2D eigenvalue weighted by Crippen LogP contribution is -2.34. The smallest absolute Gasteiger partial charge is 0.277 e. The molecule has 0 bridgehead atoms. The molecule has 0 saturated heterocycles. The fourth-order valence-corrected chi connectivity index (χ4v) is 3.31. The summed E-state index contributed by atoms with van der Waals surface area (Å²) < 4.78 is 5.59. The maximum atomic E-state index is 12.1. The van der Waals surface area contributed by atoms with Crippen molar-refractivity contribution in [1.29, 1.82) is 0 Å². The molecule has 3 aromatic rings. The Kier molecular flexibility index (Phi) is 6.90. The van der Waals surface area contributed by atoms with Crippen molar-refractivity contribution in [3.63, 3.8) is 0 Å². The van der Waals surface area contributed by atoms with Crippen LogP contribution in [-0.4, -0.2) is 27.9 Å². The number of nitrogens with one attached hydrogen (secondary N) is 1. The molecular formula is C20H20ClN3O2S. The summed E-state index contributed by atoms with van der Waals surface area (Å²) in [6.07, 6.45) is 1.82. The molecule has 0 fully saturated rings. The number of hydrogen-bond donors (Lipinski definition) is 1. The molecule has 5 nitrogen and oxygen atoms in total. The second-order valence-electron chi connectivity index (χ2n) is 6.16. The average Bonchev–Trinajstić information content (AvgIpc) is 3.15. The number of carbonyl (C=O) groups is 1. The first kappa shape index (κ1) is 19.5. The van der Waals surface area contributed by atoms with Crippen LogP contribution in [0.3, 0.4) is 0 Å². The van der Waals surface area contributed by atoms with Gasteiger partial charge in [-0.25, -0.2) is 0 Å². The summed E-state index contributed by atoms with van der Waals surface area (Å²) in [4.78, 5) is 12.1. The van der Waals surface area contributed by atoms with Crippen LogP contribution in [0.15, 0.2) is 64.2 Å². The summed E-state index contributed by atoms with van der Waals surface area (Å²) in [6.45, 7) is 2.01. The van der Waals surface area contributed by atoms with Crippen LogP contribution in [-0.2, 0) is 11.2 Å². The van der Waals surface area contributed by atoms with E-state index < -0.39 is 0 Å². The number of amides is 1. The molecule has 0 aliphatic heterocycles. The van der Waals surface area contributed by atoms with E-state index in [0.29, 0.717) is 16.1 Å². The molecular weight excluding hydrogens is 382 g/mol. The Bertz CT molecular complexity index is 886. The molecule has 1 amide bonds. The number of thioether (sulfide) groups is 1. The molecule has 1 heterocycles. The van der Waals surface area contributed by atoms with E-state index >= 15 is 0 Å². The van der Waals surface area contributed by atoms with E-state index in [0.717, 1.165) is 18.4 Å². The minimum Gasteiger partial charge on any atom is -0.411 e. The maximum Gasteiger partial charge on any atom is 0.277 e. The lowest BCUT2D eigenvalue weighted by Gasteiger charge is -2.13. The van der Waals surface area contributed by atoms with Crippen molar-refractivity contribution in [3.05, 3.63) is 65.2 Å². The number of carbonyl (C=O) groups excluding carboxylic acids is 1. The molecule has 0 saturated carbocycles. The van der Waals surface area contributed by atoms with Gasteiger partial charge in [-0.3, -0.25) is 4.79 Å². The van der Waals surface area contributed by atoms with Crippen molar-refractivity contribution in [1.82, 2.24) is 15.5 Å². The third-order valence-corrected chi connectivity index (χ3v) is 4.97. The zero-order valence-electron chi connectivity index (χ0n) is 14.9. The molecule has 0 aliphatic carbocycles. The predicted molar refractivity (Wildman–Crippen MR) is 108 cm³/mol. The average molecular weight is 402 g/mol. The molecule has 0 unspecified atom stereocenters. The van der Waals surface area contributed by atoms with Crippen LogP contribution in [0, 0.1) is 0 Å². The lowest BCUT2D eigenvalue weighted by molar-refractivity contribution is -0.119. The van der Waals surface area contributed by atoms with Crippen LogP contribution < -0.4 is 5.32 Å². The summed E-state index contributed by atoms with van der Waals surface area (Å²) in [5.41, 5.74) is 2.02. The van der Waals surface area contributed by atoms with Gasteiger partial charge in [-0.1, -0.05) is 59.8 Å². The molecule has 1 aromatic heterocycles. The second-order valence-corrected chi connectivity index (χ2v) is 7.53. The normalized spacial score (nSPS) is 11.9. The van der Waals surface area contributed by atoms with Crippen molar-refractivity contribution in [2.24, 2.45) is 0 Å². The summed E-state index contributed by atoms with van der Waals surface area (Å²) in [7, 11) is 0. The highest BCUT2D eigenvalue weighted by molar-refractivity contribution is 7.99. The Morgan fingerprint density at radius 1 is 1.19 bits per heavy atom. The number of rotatable bonds is 8. The second kappa shape index (κ2) is 9.58. The third-order valence-electron chi connectivity index (χ3n) is 3.92. The molecule has 2 aromatic carbocycles. The number of aryl methyl sites for hydroxylation is 1. The van der Waals surface area contributed by atoms with Gasteiger partial charge in [0, 0.05) is 16.6 Å². The molecule has 0 aliphatic rings. The summed E-state index contributed by atoms with van der Waals surface area (Å²) in [5.74, 6) is 0.562.